The van der Waals surface area contributed by atoms with E-state index in [1.807, 2.05) is 60.4 Å². The Morgan fingerprint density at radius 3 is 2.74 bits per heavy atom. The monoisotopic (exact) mass is 363 g/mol. The Hall–Kier alpha value is -2.82. The van der Waals surface area contributed by atoms with Crippen LogP contribution in [0.2, 0.25) is 0 Å². The van der Waals surface area contributed by atoms with E-state index >= 15 is 0 Å². The van der Waals surface area contributed by atoms with E-state index in [-0.39, 0.29) is 11.9 Å². The molecule has 1 amide bonds. The topological polar surface area (TPSA) is 47.4 Å². The van der Waals surface area contributed by atoms with E-state index < -0.39 is 0 Å². The first-order chi connectivity index (χ1) is 13.3. The van der Waals surface area contributed by atoms with Crippen molar-refractivity contribution in [2.24, 2.45) is 0 Å². The molecule has 2 aromatic carbocycles. The number of para-hydroxylation sites is 3. The minimum absolute atomic E-state index is 0.0570. The lowest BCUT2D eigenvalue weighted by molar-refractivity contribution is -0.131. The van der Waals surface area contributed by atoms with E-state index in [9.17, 15) is 4.79 Å². The Bertz CT molecular complexity index is 920. The van der Waals surface area contributed by atoms with Crippen molar-refractivity contribution < 1.29 is 9.53 Å². The Labute approximate surface area is 159 Å². The van der Waals surface area contributed by atoms with Gasteiger partial charge in [0.05, 0.1) is 23.6 Å². The first-order valence-electron chi connectivity index (χ1n) is 9.70. The number of hydrogen-bond donors (Lipinski definition) is 0. The highest BCUT2D eigenvalue weighted by molar-refractivity contribution is 5.78. The van der Waals surface area contributed by atoms with Gasteiger partial charge in [0, 0.05) is 13.0 Å². The zero-order valence-electron chi connectivity index (χ0n) is 15.7. The Morgan fingerprint density at radius 2 is 1.93 bits per heavy atom. The van der Waals surface area contributed by atoms with Crippen molar-refractivity contribution in [3.63, 3.8) is 0 Å². The quantitative estimate of drug-likeness (QED) is 0.660. The molecule has 0 unspecified atom stereocenters. The number of hydrogen-bond acceptors (Lipinski definition) is 3. The number of aromatic nitrogens is 2. The summed E-state index contributed by atoms with van der Waals surface area (Å²) >= 11 is 0. The highest BCUT2D eigenvalue weighted by atomic mass is 16.5. The van der Waals surface area contributed by atoms with Gasteiger partial charge in [-0.3, -0.25) is 4.79 Å². The van der Waals surface area contributed by atoms with Crippen LogP contribution in [0.5, 0.6) is 5.75 Å². The minimum Gasteiger partial charge on any atom is -0.492 e. The van der Waals surface area contributed by atoms with E-state index in [1.165, 1.54) is 0 Å². The summed E-state index contributed by atoms with van der Waals surface area (Å²) in [5.41, 5.74) is 2.07. The molecular weight excluding hydrogens is 338 g/mol. The van der Waals surface area contributed by atoms with Gasteiger partial charge < -0.3 is 14.2 Å². The normalized spacial score (nSPS) is 16.8. The second-order valence-electron chi connectivity index (χ2n) is 6.87. The fourth-order valence-electron chi connectivity index (χ4n) is 3.89. The molecule has 0 N–H and O–H groups in total. The van der Waals surface area contributed by atoms with Crippen LogP contribution in [0.4, 0.5) is 0 Å². The van der Waals surface area contributed by atoms with Crippen LogP contribution >= 0.6 is 0 Å². The van der Waals surface area contributed by atoms with Crippen LogP contribution < -0.4 is 4.74 Å². The number of ether oxygens (including phenoxy) is 1. The highest BCUT2D eigenvalue weighted by Crippen LogP contribution is 2.33. The zero-order valence-corrected chi connectivity index (χ0v) is 15.7. The number of rotatable bonds is 6. The predicted octanol–water partition coefficient (Wildman–Crippen LogP) is 4.19. The van der Waals surface area contributed by atoms with Gasteiger partial charge in [0.2, 0.25) is 5.91 Å². The van der Waals surface area contributed by atoms with Crippen LogP contribution in [0.3, 0.4) is 0 Å². The standard InChI is InChI=1S/C22H25N3O2/c1-2-21(26)24-14-8-13-20(24)22-23-18-11-6-7-12-19(18)25(22)15-16-27-17-9-4-3-5-10-17/h3-7,9-12,20H,2,8,13-16H2,1H3/t20-/m0/s1. The summed E-state index contributed by atoms with van der Waals surface area (Å²) in [5.74, 6) is 2.05. The molecule has 140 valence electrons. The minimum atomic E-state index is 0.0570. The molecule has 1 aliphatic heterocycles. The lowest BCUT2D eigenvalue weighted by Crippen LogP contribution is -2.31. The number of nitrogens with zero attached hydrogens (tertiary/aromatic N) is 3. The third kappa shape index (κ3) is 3.54. The Morgan fingerprint density at radius 1 is 1.15 bits per heavy atom. The van der Waals surface area contributed by atoms with Gasteiger partial charge in [0.15, 0.2) is 0 Å². The van der Waals surface area contributed by atoms with Gasteiger partial charge in [-0.05, 0) is 37.1 Å². The van der Waals surface area contributed by atoms with Gasteiger partial charge >= 0.3 is 0 Å². The molecule has 2 heterocycles. The second-order valence-corrected chi connectivity index (χ2v) is 6.87. The highest BCUT2D eigenvalue weighted by Gasteiger charge is 2.32. The molecule has 1 aliphatic rings. The molecule has 1 fully saturated rings. The number of fused-ring (bicyclic) bond motifs is 1. The van der Waals surface area contributed by atoms with E-state index in [2.05, 4.69) is 10.6 Å². The average molecular weight is 363 g/mol. The van der Waals surface area contributed by atoms with Crippen LogP contribution in [0.1, 0.15) is 38.1 Å². The molecule has 1 saturated heterocycles. The maximum Gasteiger partial charge on any atom is 0.222 e. The largest absolute Gasteiger partial charge is 0.492 e. The molecular formula is C22H25N3O2. The summed E-state index contributed by atoms with van der Waals surface area (Å²) < 4.78 is 8.14. The predicted molar refractivity (Wildman–Crippen MR) is 106 cm³/mol. The second kappa shape index (κ2) is 7.82. The molecule has 5 heteroatoms. The first-order valence-corrected chi connectivity index (χ1v) is 9.70. The lowest BCUT2D eigenvalue weighted by Gasteiger charge is -2.25. The molecule has 3 aromatic rings. The van der Waals surface area contributed by atoms with E-state index in [0.717, 1.165) is 42.0 Å². The van der Waals surface area contributed by atoms with Crippen LogP contribution in [0.15, 0.2) is 54.6 Å². The van der Waals surface area contributed by atoms with Crippen LogP contribution in [0, 0.1) is 0 Å². The van der Waals surface area contributed by atoms with Crippen LogP contribution in [-0.4, -0.2) is 33.5 Å². The van der Waals surface area contributed by atoms with Crippen molar-refractivity contribution in [1.29, 1.82) is 0 Å². The molecule has 0 aliphatic carbocycles. The van der Waals surface area contributed by atoms with E-state index in [0.29, 0.717) is 19.6 Å². The molecule has 0 spiro atoms. The lowest BCUT2D eigenvalue weighted by atomic mass is 10.2. The summed E-state index contributed by atoms with van der Waals surface area (Å²) in [4.78, 5) is 19.3. The van der Waals surface area contributed by atoms with Gasteiger partial charge in [-0.1, -0.05) is 37.3 Å². The molecule has 5 nitrogen and oxygen atoms in total. The smallest absolute Gasteiger partial charge is 0.222 e. The van der Waals surface area contributed by atoms with E-state index in [4.69, 9.17) is 9.72 Å². The zero-order chi connectivity index (χ0) is 18.6. The molecule has 1 aromatic heterocycles. The van der Waals surface area contributed by atoms with Crippen molar-refractivity contribution >= 4 is 16.9 Å². The number of carbonyl (C=O) groups is 1. The van der Waals surface area contributed by atoms with Crippen LogP contribution in [0.25, 0.3) is 11.0 Å². The fraction of sp³-hybridized carbons (Fsp3) is 0.364. The summed E-state index contributed by atoms with van der Waals surface area (Å²) in [5, 5.41) is 0. The average Bonchev–Trinajstić information content (AvgIpc) is 3.33. The SMILES string of the molecule is CCC(=O)N1CCC[C@H]1c1nc2ccccc2n1CCOc1ccccc1. The molecule has 1 atom stereocenters. The molecule has 27 heavy (non-hydrogen) atoms. The number of amides is 1. The van der Waals surface area contributed by atoms with Crippen molar-refractivity contribution in [1.82, 2.24) is 14.5 Å². The Balaban J connectivity index is 1.62. The molecule has 4 rings (SSSR count). The van der Waals surface area contributed by atoms with Crippen LogP contribution in [-0.2, 0) is 11.3 Å². The summed E-state index contributed by atoms with van der Waals surface area (Å²) in [6.07, 6.45) is 2.53. The third-order valence-electron chi connectivity index (χ3n) is 5.18. The summed E-state index contributed by atoms with van der Waals surface area (Å²) in [6, 6.07) is 18.1. The number of likely N-dealkylation sites (tertiary alicyclic amines) is 1. The van der Waals surface area contributed by atoms with Gasteiger partial charge in [-0.25, -0.2) is 4.98 Å². The van der Waals surface area contributed by atoms with Crippen molar-refractivity contribution in [2.45, 2.75) is 38.8 Å². The fourth-order valence-corrected chi connectivity index (χ4v) is 3.89. The van der Waals surface area contributed by atoms with Crippen molar-refractivity contribution in [3.8, 4) is 5.75 Å². The van der Waals surface area contributed by atoms with Gasteiger partial charge in [0.1, 0.15) is 18.2 Å². The van der Waals surface area contributed by atoms with Gasteiger partial charge in [-0.15, -0.1) is 0 Å². The summed E-state index contributed by atoms with van der Waals surface area (Å²) in [6.45, 7) is 4.01. The maximum atomic E-state index is 12.4. The summed E-state index contributed by atoms with van der Waals surface area (Å²) in [7, 11) is 0. The molecule has 0 radical (unpaired) electrons. The van der Waals surface area contributed by atoms with Gasteiger partial charge in [-0.2, -0.15) is 0 Å². The third-order valence-corrected chi connectivity index (χ3v) is 5.18. The number of benzene rings is 2. The van der Waals surface area contributed by atoms with Crippen molar-refractivity contribution in [3.05, 3.63) is 60.4 Å². The molecule has 0 bridgehead atoms. The maximum absolute atomic E-state index is 12.4. The van der Waals surface area contributed by atoms with E-state index in [1.54, 1.807) is 0 Å². The number of imidazole rings is 1. The number of carbonyl (C=O) groups excluding carboxylic acids is 1. The van der Waals surface area contributed by atoms with Crippen molar-refractivity contribution in [2.75, 3.05) is 13.2 Å². The molecule has 0 saturated carbocycles. The Kier molecular flexibility index (Phi) is 5.10. The van der Waals surface area contributed by atoms with Gasteiger partial charge in [0.25, 0.3) is 0 Å². The first kappa shape index (κ1) is 17.6.